The lowest BCUT2D eigenvalue weighted by Gasteiger charge is -2.32. The van der Waals surface area contributed by atoms with Crippen LogP contribution in [0.15, 0.2) is 84.0 Å². The number of pyridine rings is 1. The van der Waals surface area contributed by atoms with Gasteiger partial charge in [0.25, 0.3) is 5.91 Å². The van der Waals surface area contributed by atoms with Crippen molar-refractivity contribution in [1.29, 1.82) is 0 Å². The Morgan fingerprint density at radius 2 is 1.66 bits per heavy atom. The summed E-state index contributed by atoms with van der Waals surface area (Å²) in [7, 11) is 0. The van der Waals surface area contributed by atoms with Gasteiger partial charge in [-0.3, -0.25) is 24.1 Å². The number of halogens is 1. The van der Waals surface area contributed by atoms with Crippen molar-refractivity contribution in [3.8, 4) is 16.4 Å². The number of para-hydroxylation sites is 1. The van der Waals surface area contributed by atoms with Crippen molar-refractivity contribution in [1.82, 2.24) is 50.6 Å². The summed E-state index contributed by atoms with van der Waals surface area (Å²) in [4.78, 5) is 55.0. The summed E-state index contributed by atoms with van der Waals surface area (Å²) in [6.45, 7) is 7.97. The molecule has 0 bridgehead atoms. The van der Waals surface area contributed by atoms with Crippen molar-refractivity contribution >= 4 is 68.4 Å². The van der Waals surface area contributed by atoms with Crippen LogP contribution in [0.4, 0.5) is 4.79 Å². The number of imidazole rings is 1. The number of carbonyl (C=O) groups is 3. The summed E-state index contributed by atoms with van der Waals surface area (Å²) in [5.74, 6) is 1.75. The van der Waals surface area contributed by atoms with Crippen molar-refractivity contribution in [2.24, 2.45) is 4.99 Å². The van der Waals surface area contributed by atoms with Crippen LogP contribution in [-0.2, 0) is 14.3 Å². The third kappa shape index (κ3) is 8.91. The van der Waals surface area contributed by atoms with Crippen LogP contribution >= 0.6 is 22.9 Å². The standard InChI is InChI=1S/C49H50ClN11O5S/c1-27-28(2)67-48-43(27)44(30-8-11-32(50)12-9-30)54-40(46-59-58-29(3)60(46)48)26-42(62)52-18-20-65-22-23-66-21-19-53-47(63)31-10-15-41-39(24-31)55-45(35-16-17-51-36-7-5-4-6-34(35)36)61(41)33-13-14-37-38(25-33)57-49(64)56-37/h4-12,15-17,24,33,37-38,40H,13-14,18-23,25-26H2,1-3H3,(H,52,62)(H,53,63)(H2,56,57,64)/t33?,37?,38?,40-/m0/s1. The van der Waals surface area contributed by atoms with Crippen LogP contribution in [0.3, 0.4) is 0 Å². The smallest absolute Gasteiger partial charge is 0.315 e. The van der Waals surface area contributed by atoms with Crippen LogP contribution in [0.25, 0.3) is 38.3 Å². The molecule has 67 heavy (non-hydrogen) atoms. The summed E-state index contributed by atoms with van der Waals surface area (Å²) in [5, 5.41) is 23.6. The molecule has 2 fully saturated rings. The number of carbonyl (C=O) groups excluding carboxylic acids is 3. The highest BCUT2D eigenvalue weighted by molar-refractivity contribution is 7.15. The molecule has 4 amide bonds. The van der Waals surface area contributed by atoms with Crippen LogP contribution in [0, 0.1) is 20.8 Å². The minimum absolute atomic E-state index is 0.0346. The number of fused-ring (bicyclic) bond motifs is 6. The predicted molar refractivity (Wildman–Crippen MR) is 257 cm³/mol. The van der Waals surface area contributed by atoms with Crippen molar-refractivity contribution in [3.63, 3.8) is 0 Å². The average Bonchev–Trinajstić information content (AvgIpc) is 4.07. The lowest BCUT2D eigenvalue weighted by atomic mass is 9.87. The van der Waals surface area contributed by atoms with Gasteiger partial charge in [-0.05, 0) is 88.1 Å². The molecule has 6 heterocycles. The molecule has 16 nitrogen and oxygen atoms in total. The summed E-state index contributed by atoms with van der Waals surface area (Å²) in [6.07, 6.45) is 4.38. The maximum absolute atomic E-state index is 13.4. The highest BCUT2D eigenvalue weighted by Crippen LogP contribution is 2.41. The van der Waals surface area contributed by atoms with E-state index in [0.29, 0.717) is 61.4 Å². The number of urea groups is 1. The zero-order valence-electron chi connectivity index (χ0n) is 37.3. The van der Waals surface area contributed by atoms with Gasteiger partial charge in [0.05, 0.1) is 67.2 Å². The SMILES string of the molecule is Cc1sc2c(c1C)C(c1ccc(Cl)cc1)=N[C@@H](CC(=O)NCCOCCOCCNC(=O)c1ccc3c(c1)nc(-c1ccnc4ccccc14)n3C1CCC3NC(=O)NC3C1)c1nnc(C)n1-2. The first-order valence-corrected chi connectivity index (χ1v) is 23.8. The molecule has 7 aromatic rings. The average molecular weight is 941 g/mol. The van der Waals surface area contributed by atoms with Crippen LogP contribution in [0.1, 0.15) is 81.3 Å². The Bertz CT molecular complexity index is 3050. The Morgan fingerprint density at radius 1 is 0.881 bits per heavy atom. The normalized spacial score (nSPS) is 18.7. The maximum atomic E-state index is 13.4. The molecule has 10 rings (SSSR count). The van der Waals surface area contributed by atoms with Gasteiger partial charge in [0.15, 0.2) is 5.82 Å². The molecule has 4 N–H and O–H groups in total. The number of amides is 4. The zero-order chi connectivity index (χ0) is 46.2. The van der Waals surface area contributed by atoms with Crippen molar-refractivity contribution in [3.05, 3.63) is 123 Å². The third-order valence-electron chi connectivity index (χ3n) is 12.9. The summed E-state index contributed by atoms with van der Waals surface area (Å²) in [6, 6.07) is 22.8. The number of aliphatic imine (C=N–C) groups is 1. The Balaban J connectivity index is 0.707. The van der Waals surface area contributed by atoms with E-state index in [9.17, 15) is 14.4 Å². The van der Waals surface area contributed by atoms with E-state index in [2.05, 4.69) is 60.9 Å². The van der Waals surface area contributed by atoms with E-state index in [1.54, 1.807) is 17.5 Å². The Kier molecular flexibility index (Phi) is 12.6. The number of benzene rings is 3. The number of hydrogen-bond acceptors (Lipinski definition) is 11. The molecule has 0 spiro atoms. The summed E-state index contributed by atoms with van der Waals surface area (Å²) < 4.78 is 15.8. The van der Waals surface area contributed by atoms with Gasteiger partial charge >= 0.3 is 6.03 Å². The summed E-state index contributed by atoms with van der Waals surface area (Å²) in [5.41, 5.74) is 7.82. The van der Waals surface area contributed by atoms with Crippen molar-refractivity contribution in [2.45, 2.75) is 70.6 Å². The highest BCUT2D eigenvalue weighted by atomic mass is 35.5. The van der Waals surface area contributed by atoms with Gasteiger partial charge in [0.1, 0.15) is 22.7 Å². The molecular formula is C49H50ClN11O5S. The largest absolute Gasteiger partial charge is 0.377 e. The number of thiophene rings is 1. The minimum Gasteiger partial charge on any atom is -0.377 e. The fourth-order valence-electron chi connectivity index (χ4n) is 9.49. The van der Waals surface area contributed by atoms with Crippen molar-refractivity contribution < 1.29 is 23.9 Å². The second-order valence-electron chi connectivity index (χ2n) is 17.1. The fourth-order valence-corrected chi connectivity index (χ4v) is 10.8. The third-order valence-corrected chi connectivity index (χ3v) is 14.3. The molecule has 4 atom stereocenters. The van der Waals surface area contributed by atoms with E-state index in [-0.39, 0.29) is 42.4 Å². The second kappa shape index (κ2) is 19.0. The molecule has 3 aromatic carbocycles. The molecule has 1 saturated carbocycles. The van der Waals surface area contributed by atoms with Crippen LogP contribution < -0.4 is 21.3 Å². The number of aromatic nitrogens is 6. The van der Waals surface area contributed by atoms with Crippen LogP contribution in [-0.4, -0.2) is 104 Å². The molecule has 3 unspecified atom stereocenters. The molecule has 1 aliphatic carbocycles. The molecule has 2 aliphatic heterocycles. The first-order chi connectivity index (χ1) is 32.6. The van der Waals surface area contributed by atoms with E-state index >= 15 is 0 Å². The number of ether oxygens (including phenoxy) is 2. The van der Waals surface area contributed by atoms with Gasteiger partial charge in [0, 0.05) is 62.9 Å². The predicted octanol–water partition coefficient (Wildman–Crippen LogP) is 7.11. The number of nitrogens with zero attached hydrogens (tertiary/aromatic N) is 7. The van der Waals surface area contributed by atoms with Crippen LogP contribution in [0.2, 0.25) is 5.02 Å². The number of aryl methyl sites for hydroxylation is 2. The van der Waals surface area contributed by atoms with Crippen molar-refractivity contribution in [2.75, 3.05) is 39.5 Å². The first kappa shape index (κ1) is 44.3. The zero-order valence-corrected chi connectivity index (χ0v) is 38.9. The molecule has 18 heteroatoms. The van der Waals surface area contributed by atoms with E-state index in [1.165, 1.54) is 4.88 Å². The molecule has 4 aromatic heterocycles. The fraction of sp³-hybridized carbons (Fsp3) is 0.347. The van der Waals surface area contributed by atoms with Gasteiger partial charge in [-0.15, -0.1) is 21.5 Å². The first-order valence-electron chi connectivity index (χ1n) is 22.6. The monoisotopic (exact) mass is 939 g/mol. The number of nitrogens with one attached hydrogen (secondary N) is 4. The Hall–Kier alpha value is -6.53. The van der Waals surface area contributed by atoms with E-state index < -0.39 is 6.04 Å². The number of rotatable bonds is 15. The lowest BCUT2D eigenvalue weighted by molar-refractivity contribution is -0.121. The second-order valence-corrected chi connectivity index (χ2v) is 18.8. The maximum Gasteiger partial charge on any atom is 0.315 e. The van der Waals surface area contributed by atoms with E-state index in [4.69, 9.17) is 31.1 Å². The molecule has 3 aliphatic rings. The van der Waals surface area contributed by atoms with Crippen LogP contribution in [0.5, 0.6) is 0 Å². The quantitative estimate of drug-likeness (QED) is 0.0777. The van der Waals surface area contributed by atoms with Gasteiger partial charge in [-0.1, -0.05) is 41.9 Å². The van der Waals surface area contributed by atoms with E-state index in [0.717, 1.165) is 80.3 Å². The van der Waals surface area contributed by atoms with Gasteiger partial charge < -0.3 is 35.3 Å². The Labute approximate surface area is 395 Å². The van der Waals surface area contributed by atoms with Gasteiger partial charge in [-0.25, -0.2) is 9.78 Å². The van der Waals surface area contributed by atoms with Gasteiger partial charge in [0.2, 0.25) is 5.91 Å². The summed E-state index contributed by atoms with van der Waals surface area (Å²) >= 11 is 7.91. The minimum atomic E-state index is -0.564. The molecular weight excluding hydrogens is 890 g/mol. The van der Waals surface area contributed by atoms with E-state index in [1.807, 2.05) is 78.2 Å². The topological polar surface area (TPSA) is 192 Å². The molecule has 344 valence electrons. The molecule has 1 saturated heterocycles. The van der Waals surface area contributed by atoms with Gasteiger partial charge in [-0.2, -0.15) is 0 Å². The number of hydrogen-bond donors (Lipinski definition) is 4. The highest BCUT2D eigenvalue weighted by Gasteiger charge is 2.39. The Morgan fingerprint density at radius 3 is 2.48 bits per heavy atom. The lowest BCUT2D eigenvalue weighted by Crippen LogP contribution is -2.40. The molecule has 0 radical (unpaired) electrons.